The Labute approximate surface area is 253 Å². The number of amidine groups is 1. The highest BCUT2D eigenvalue weighted by Crippen LogP contribution is 2.26. The third kappa shape index (κ3) is 8.75. The molecule has 0 saturated carbocycles. The normalized spacial score (nSPS) is 14.7. The van der Waals surface area contributed by atoms with E-state index in [4.69, 9.17) is 11.1 Å². The van der Waals surface area contributed by atoms with Gasteiger partial charge in [0.2, 0.25) is 15.9 Å². The van der Waals surface area contributed by atoms with Gasteiger partial charge in [0.05, 0.1) is 4.90 Å². The first-order valence-corrected chi connectivity index (χ1v) is 16.0. The lowest BCUT2D eigenvalue weighted by Crippen LogP contribution is -2.51. The van der Waals surface area contributed by atoms with Crippen molar-refractivity contribution in [2.45, 2.75) is 49.5 Å². The van der Waals surface area contributed by atoms with Crippen molar-refractivity contribution in [2.75, 3.05) is 20.1 Å². The molecule has 1 amide bonds. The van der Waals surface area contributed by atoms with E-state index >= 15 is 0 Å². The molecule has 228 valence electrons. The van der Waals surface area contributed by atoms with Gasteiger partial charge in [-0.25, -0.2) is 12.8 Å². The number of nitrogen functional groups attached to an aromatic ring is 1. The Morgan fingerprint density at radius 3 is 2.44 bits per heavy atom. The number of piperidine rings is 1. The number of likely N-dealkylation sites (tertiary alicyclic amines) is 1. The molecule has 0 bridgehead atoms. The number of rotatable bonds is 13. The molecule has 0 radical (unpaired) electrons. The maximum Gasteiger partial charge on any atom is 0.241 e. The van der Waals surface area contributed by atoms with Crippen LogP contribution in [0.3, 0.4) is 0 Å². The molecule has 3 aromatic carbocycles. The second kappa shape index (κ2) is 14.4. The molecule has 1 fully saturated rings. The number of hydrogen-bond acceptors (Lipinski definition) is 5. The van der Waals surface area contributed by atoms with Gasteiger partial charge in [-0.15, -0.1) is 0 Å². The van der Waals surface area contributed by atoms with Crippen molar-refractivity contribution in [1.29, 1.82) is 5.41 Å². The fraction of sp³-hybridized carbons (Fsp3) is 0.333. The van der Waals surface area contributed by atoms with Crippen LogP contribution in [0.1, 0.15) is 43.2 Å². The lowest BCUT2D eigenvalue weighted by atomic mass is 9.91. The zero-order valence-electron chi connectivity index (χ0n) is 24.5. The lowest BCUT2D eigenvalue weighted by molar-refractivity contribution is -0.134. The van der Waals surface area contributed by atoms with E-state index in [1.807, 2.05) is 7.05 Å². The van der Waals surface area contributed by atoms with Crippen LogP contribution in [-0.2, 0) is 21.2 Å². The number of nitrogens with zero attached hydrogens (tertiary/aromatic N) is 1. The SMILES string of the molecule is C=C(CCCC1CCN(C(=O)[C@H](Cc2cccc(C(=N)N)c2)NS(=O)(=O)c2cccc(-c3ccc(F)cc3)c2)CC1)NC. The molecule has 5 N–H and O–H groups in total. The van der Waals surface area contributed by atoms with Gasteiger partial charge >= 0.3 is 0 Å². The number of nitrogens with one attached hydrogen (secondary N) is 3. The van der Waals surface area contributed by atoms with Gasteiger partial charge in [0.1, 0.15) is 17.7 Å². The maximum absolute atomic E-state index is 13.9. The van der Waals surface area contributed by atoms with Crippen molar-refractivity contribution in [2.24, 2.45) is 11.7 Å². The number of carbonyl (C=O) groups is 1. The van der Waals surface area contributed by atoms with Gasteiger partial charge in [0.15, 0.2) is 0 Å². The minimum absolute atomic E-state index is 0.00600. The fourth-order valence-corrected chi connectivity index (χ4v) is 6.65. The molecule has 43 heavy (non-hydrogen) atoms. The summed E-state index contributed by atoms with van der Waals surface area (Å²) in [6.45, 7) is 5.10. The third-order valence-electron chi connectivity index (χ3n) is 7.97. The molecule has 0 spiro atoms. The van der Waals surface area contributed by atoms with E-state index in [1.165, 1.54) is 24.3 Å². The number of sulfonamides is 1. The van der Waals surface area contributed by atoms with Crippen molar-refractivity contribution in [3.63, 3.8) is 0 Å². The van der Waals surface area contributed by atoms with Gasteiger partial charge in [-0.2, -0.15) is 4.72 Å². The Balaban J connectivity index is 1.53. The summed E-state index contributed by atoms with van der Waals surface area (Å²) in [5, 5.41) is 10.9. The summed E-state index contributed by atoms with van der Waals surface area (Å²) < 4.78 is 43.5. The molecular formula is C33H40FN5O3S. The van der Waals surface area contributed by atoms with E-state index in [2.05, 4.69) is 16.6 Å². The van der Waals surface area contributed by atoms with E-state index < -0.39 is 16.1 Å². The Kier molecular flexibility index (Phi) is 10.7. The van der Waals surface area contributed by atoms with Gasteiger partial charge in [-0.3, -0.25) is 10.2 Å². The quantitative estimate of drug-likeness (QED) is 0.164. The first-order valence-electron chi connectivity index (χ1n) is 14.5. The molecule has 1 aliphatic rings. The predicted octanol–water partition coefficient (Wildman–Crippen LogP) is 4.81. The van der Waals surface area contributed by atoms with Crippen LogP contribution in [0.15, 0.2) is 90.0 Å². The molecular weight excluding hydrogens is 565 g/mol. The summed E-state index contributed by atoms with van der Waals surface area (Å²) in [6.07, 6.45) is 4.82. The van der Waals surface area contributed by atoms with Crippen LogP contribution in [0.25, 0.3) is 11.1 Å². The number of benzene rings is 3. The van der Waals surface area contributed by atoms with Crippen LogP contribution < -0.4 is 15.8 Å². The van der Waals surface area contributed by atoms with Gasteiger partial charge in [0, 0.05) is 31.4 Å². The molecule has 1 heterocycles. The zero-order chi connectivity index (χ0) is 31.0. The van der Waals surface area contributed by atoms with Crippen molar-refractivity contribution >= 4 is 21.8 Å². The number of nitrogens with two attached hydrogens (primary N) is 1. The number of allylic oxidation sites excluding steroid dienone is 1. The van der Waals surface area contributed by atoms with E-state index in [1.54, 1.807) is 53.4 Å². The molecule has 1 saturated heterocycles. The van der Waals surface area contributed by atoms with Crippen molar-refractivity contribution in [1.82, 2.24) is 14.9 Å². The van der Waals surface area contributed by atoms with Crippen molar-refractivity contribution in [3.8, 4) is 11.1 Å². The first-order chi connectivity index (χ1) is 20.6. The number of carbonyl (C=O) groups excluding carboxylic acids is 1. The molecule has 1 aliphatic heterocycles. The minimum atomic E-state index is -4.11. The predicted molar refractivity (Wildman–Crippen MR) is 168 cm³/mol. The van der Waals surface area contributed by atoms with E-state index in [0.717, 1.165) is 37.8 Å². The summed E-state index contributed by atoms with van der Waals surface area (Å²) >= 11 is 0. The standard InChI is InChI=1S/C33H40FN5O3S/c1-23(37-2)6-3-7-24-16-18-39(19-17-24)33(40)31(21-25-8-4-10-28(20-25)32(35)36)38-43(41,42)30-11-5-9-27(22-30)26-12-14-29(34)15-13-26/h4-5,8-15,20,22,24,31,37-38H,1,3,6-7,16-19,21H2,2H3,(H3,35,36)/t31-/m0/s1. The van der Waals surface area contributed by atoms with Gasteiger partial charge in [0.25, 0.3) is 0 Å². The molecule has 0 aromatic heterocycles. The number of halogens is 1. The van der Waals surface area contributed by atoms with E-state index in [9.17, 15) is 17.6 Å². The Bertz CT molecular complexity index is 1550. The van der Waals surface area contributed by atoms with E-state index in [0.29, 0.717) is 41.3 Å². The van der Waals surface area contributed by atoms with Crippen LogP contribution in [0.5, 0.6) is 0 Å². The van der Waals surface area contributed by atoms with Crippen molar-refractivity contribution in [3.05, 3.63) is 102 Å². The van der Waals surface area contributed by atoms with Crippen LogP contribution in [0.4, 0.5) is 4.39 Å². The molecule has 0 unspecified atom stereocenters. The van der Waals surface area contributed by atoms with Crippen LogP contribution in [-0.4, -0.2) is 51.2 Å². The second-order valence-electron chi connectivity index (χ2n) is 11.0. The monoisotopic (exact) mass is 605 g/mol. The summed E-state index contributed by atoms with van der Waals surface area (Å²) in [6, 6.07) is 18.1. The van der Waals surface area contributed by atoms with E-state index in [-0.39, 0.29) is 28.9 Å². The van der Waals surface area contributed by atoms with Gasteiger partial charge in [-0.1, -0.05) is 49.0 Å². The third-order valence-corrected chi connectivity index (χ3v) is 9.44. The first kappa shape index (κ1) is 31.9. The largest absolute Gasteiger partial charge is 0.392 e. The van der Waals surface area contributed by atoms with Crippen LogP contribution in [0.2, 0.25) is 0 Å². The molecule has 3 aromatic rings. The summed E-state index contributed by atoms with van der Waals surface area (Å²) in [7, 11) is -2.24. The lowest BCUT2D eigenvalue weighted by Gasteiger charge is -2.34. The molecule has 1 atom stereocenters. The Morgan fingerprint density at radius 2 is 1.77 bits per heavy atom. The zero-order valence-corrected chi connectivity index (χ0v) is 25.3. The highest BCUT2D eigenvalue weighted by Gasteiger charge is 2.32. The van der Waals surface area contributed by atoms with Crippen LogP contribution in [0, 0.1) is 17.1 Å². The number of amides is 1. The average Bonchev–Trinajstić information content (AvgIpc) is 3.01. The highest BCUT2D eigenvalue weighted by atomic mass is 32.2. The molecule has 8 nitrogen and oxygen atoms in total. The van der Waals surface area contributed by atoms with Crippen LogP contribution >= 0.6 is 0 Å². The maximum atomic E-state index is 13.9. The Morgan fingerprint density at radius 1 is 1.07 bits per heavy atom. The summed E-state index contributed by atoms with van der Waals surface area (Å²) in [4.78, 5) is 15.6. The summed E-state index contributed by atoms with van der Waals surface area (Å²) in [5.41, 5.74) is 9.16. The average molecular weight is 606 g/mol. The topological polar surface area (TPSA) is 128 Å². The number of hydrogen-bond donors (Lipinski definition) is 4. The smallest absolute Gasteiger partial charge is 0.241 e. The molecule has 10 heteroatoms. The molecule has 0 aliphatic carbocycles. The fourth-order valence-electron chi connectivity index (χ4n) is 5.41. The Hall–Kier alpha value is -4.02. The van der Waals surface area contributed by atoms with Gasteiger partial charge in [-0.05, 0) is 91.5 Å². The second-order valence-corrected chi connectivity index (χ2v) is 12.8. The summed E-state index contributed by atoms with van der Waals surface area (Å²) in [5.74, 6) is -0.268. The minimum Gasteiger partial charge on any atom is -0.392 e. The van der Waals surface area contributed by atoms with Gasteiger partial charge < -0.3 is 16.0 Å². The molecule has 4 rings (SSSR count). The highest BCUT2D eigenvalue weighted by molar-refractivity contribution is 7.89. The van der Waals surface area contributed by atoms with Crippen molar-refractivity contribution < 1.29 is 17.6 Å².